The van der Waals surface area contributed by atoms with Gasteiger partial charge in [0.15, 0.2) is 0 Å². The summed E-state index contributed by atoms with van der Waals surface area (Å²) in [5.41, 5.74) is 1.74. The van der Waals surface area contributed by atoms with Crippen molar-refractivity contribution >= 4 is 17.7 Å². The SMILES string of the molecule is CC(C)(C)OC(=O)N(CCc1ccc(NC(=O)Cc2ncn[nH]2)cc1)C[C@H](O)c1ccccc1. The van der Waals surface area contributed by atoms with Crippen LogP contribution in [0.4, 0.5) is 10.5 Å². The number of aromatic nitrogens is 3. The van der Waals surface area contributed by atoms with E-state index in [-0.39, 0.29) is 18.9 Å². The number of rotatable bonds is 9. The van der Waals surface area contributed by atoms with Crippen LogP contribution in [0.2, 0.25) is 0 Å². The van der Waals surface area contributed by atoms with E-state index in [0.29, 0.717) is 24.5 Å². The van der Waals surface area contributed by atoms with Crippen molar-refractivity contribution in [2.75, 3.05) is 18.4 Å². The lowest BCUT2D eigenvalue weighted by atomic mass is 10.1. The van der Waals surface area contributed by atoms with E-state index in [4.69, 9.17) is 4.74 Å². The molecule has 1 heterocycles. The zero-order chi connectivity index (χ0) is 24.6. The number of anilines is 1. The molecule has 0 radical (unpaired) electrons. The number of carbonyl (C=O) groups excluding carboxylic acids is 2. The van der Waals surface area contributed by atoms with Gasteiger partial charge in [0, 0.05) is 12.2 Å². The number of H-pyrrole nitrogens is 1. The summed E-state index contributed by atoms with van der Waals surface area (Å²) in [7, 11) is 0. The molecule has 3 aromatic rings. The molecule has 0 spiro atoms. The number of hydrogen-bond acceptors (Lipinski definition) is 6. The number of carbonyl (C=O) groups is 2. The number of benzene rings is 2. The molecule has 9 heteroatoms. The van der Waals surface area contributed by atoms with E-state index < -0.39 is 17.8 Å². The summed E-state index contributed by atoms with van der Waals surface area (Å²) < 4.78 is 5.55. The third-order valence-corrected chi connectivity index (χ3v) is 4.93. The summed E-state index contributed by atoms with van der Waals surface area (Å²) >= 11 is 0. The van der Waals surface area contributed by atoms with Crippen molar-refractivity contribution in [3.8, 4) is 0 Å². The van der Waals surface area contributed by atoms with Gasteiger partial charge in [0.2, 0.25) is 5.91 Å². The van der Waals surface area contributed by atoms with E-state index in [9.17, 15) is 14.7 Å². The maximum Gasteiger partial charge on any atom is 0.410 e. The average molecular weight is 466 g/mol. The zero-order valence-electron chi connectivity index (χ0n) is 19.7. The summed E-state index contributed by atoms with van der Waals surface area (Å²) in [4.78, 5) is 30.4. The monoisotopic (exact) mass is 465 g/mol. The number of amides is 2. The van der Waals surface area contributed by atoms with Crippen LogP contribution in [0.25, 0.3) is 0 Å². The number of nitrogens with zero attached hydrogens (tertiary/aromatic N) is 3. The number of hydrogen-bond donors (Lipinski definition) is 3. The normalized spacial score (nSPS) is 12.1. The van der Waals surface area contributed by atoms with Gasteiger partial charge in [0.25, 0.3) is 0 Å². The van der Waals surface area contributed by atoms with E-state index in [0.717, 1.165) is 11.1 Å². The van der Waals surface area contributed by atoms with Gasteiger partial charge < -0.3 is 20.1 Å². The fourth-order valence-corrected chi connectivity index (χ4v) is 3.26. The number of aliphatic hydroxyl groups is 1. The summed E-state index contributed by atoms with van der Waals surface area (Å²) in [5, 5.41) is 19.8. The first-order chi connectivity index (χ1) is 16.2. The van der Waals surface area contributed by atoms with Gasteiger partial charge >= 0.3 is 6.09 Å². The molecular weight excluding hydrogens is 434 g/mol. The second-order valence-electron chi connectivity index (χ2n) is 8.96. The molecule has 2 amide bonds. The maximum atomic E-state index is 12.8. The van der Waals surface area contributed by atoms with Crippen molar-refractivity contribution < 1.29 is 19.4 Å². The molecular formula is C25H31N5O4. The first-order valence-corrected chi connectivity index (χ1v) is 11.1. The molecule has 0 aliphatic rings. The predicted octanol–water partition coefficient (Wildman–Crippen LogP) is 3.50. The van der Waals surface area contributed by atoms with Crippen LogP contribution < -0.4 is 5.32 Å². The molecule has 180 valence electrons. The predicted molar refractivity (Wildman–Crippen MR) is 128 cm³/mol. The molecule has 0 bridgehead atoms. The van der Waals surface area contributed by atoms with Gasteiger partial charge in [-0.15, -0.1) is 0 Å². The van der Waals surface area contributed by atoms with Crippen molar-refractivity contribution in [1.82, 2.24) is 20.1 Å². The number of nitrogens with one attached hydrogen (secondary N) is 2. The van der Waals surface area contributed by atoms with Crippen molar-refractivity contribution in [1.29, 1.82) is 0 Å². The summed E-state index contributed by atoms with van der Waals surface area (Å²) in [6, 6.07) is 16.6. The molecule has 3 rings (SSSR count). The van der Waals surface area contributed by atoms with Crippen LogP contribution in [0.3, 0.4) is 0 Å². The van der Waals surface area contributed by atoms with Crippen LogP contribution in [0.15, 0.2) is 60.9 Å². The van der Waals surface area contributed by atoms with E-state index in [1.54, 1.807) is 0 Å². The molecule has 0 saturated heterocycles. The molecule has 2 aromatic carbocycles. The van der Waals surface area contributed by atoms with Gasteiger partial charge in [-0.1, -0.05) is 42.5 Å². The minimum atomic E-state index is -0.823. The van der Waals surface area contributed by atoms with Gasteiger partial charge in [0.1, 0.15) is 17.8 Å². The number of ether oxygens (including phenoxy) is 1. The highest BCUT2D eigenvalue weighted by molar-refractivity contribution is 5.91. The van der Waals surface area contributed by atoms with Gasteiger partial charge in [-0.3, -0.25) is 9.89 Å². The Morgan fingerprint density at radius 2 is 1.82 bits per heavy atom. The van der Waals surface area contributed by atoms with Crippen molar-refractivity contribution in [3.05, 3.63) is 77.9 Å². The molecule has 0 unspecified atom stereocenters. The van der Waals surface area contributed by atoms with Crippen LogP contribution in [-0.2, 0) is 22.4 Å². The van der Waals surface area contributed by atoms with E-state index in [2.05, 4.69) is 20.5 Å². The Labute approximate surface area is 199 Å². The molecule has 3 N–H and O–H groups in total. The van der Waals surface area contributed by atoms with Crippen LogP contribution in [0.1, 0.15) is 43.8 Å². The second kappa shape index (κ2) is 11.4. The lowest BCUT2D eigenvalue weighted by Gasteiger charge is -2.29. The highest BCUT2D eigenvalue weighted by Crippen LogP contribution is 2.18. The fraction of sp³-hybridized carbons (Fsp3) is 0.360. The van der Waals surface area contributed by atoms with Crippen LogP contribution in [-0.4, -0.2) is 55.9 Å². The smallest absolute Gasteiger partial charge is 0.410 e. The van der Waals surface area contributed by atoms with Crippen molar-refractivity contribution in [2.45, 2.75) is 45.3 Å². The zero-order valence-corrected chi connectivity index (χ0v) is 19.7. The largest absolute Gasteiger partial charge is 0.444 e. The molecule has 34 heavy (non-hydrogen) atoms. The second-order valence-corrected chi connectivity index (χ2v) is 8.96. The van der Waals surface area contributed by atoms with Gasteiger partial charge in [0.05, 0.1) is 19.1 Å². The molecule has 1 atom stereocenters. The summed E-state index contributed by atoms with van der Waals surface area (Å²) in [5.74, 6) is 0.296. The molecule has 0 aliphatic carbocycles. The quantitative estimate of drug-likeness (QED) is 0.445. The molecule has 0 fully saturated rings. The Bertz CT molecular complexity index is 1050. The van der Waals surface area contributed by atoms with E-state index in [1.165, 1.54) is 11.2 Å². The molecule has 1 aromatic heterocycles. The van der Waals surface area contributed by atoms with Gasteiger partial charge in [-0.05, 0) is 50.5 Å². The third kappa shape index (κ3) is 8.00. The van der Waals surface area contributed by atoms with Crippen molar-refractivity contribution in [3.63, 3.8) is 0 Å². The maximum absolute atomic E-state index is 12.8. The Hall–Kier alpha value is -3.72. The Kier molecular flexibility index (Phi) is 8.37. The fourth-order valence-electron chi connectivity index (χ4n) is 3.26. The van der Waals surface area contributed by atoms with Gasteiger partial charge in [-0.2, -0.15) is 5.10 Å². The number of aliphatic hydroxyl groups excluding tert-OH is 1. The highest BCUT2D eigenvalue weighted by atomic mass is 16.6. The highest BCUT2D eigenvalue weighted by Gasteiger charge is 2.24. The van der Waals surface area contributed by atoms with Crippen LogP contribution >= 0.6 is 0 Å². The minimum Gasteiger partial charge on any atom is -0.444 e. The third-order valence-electron chi connectivity index (χ3n) is 4.93. The van der Waals surface area contributed by atoms with Crippen LogP contribution in [0, 0.1) is 0 Å². The van der Waals surface area contributed by atoms with E-state index >= 15 is 0 Å². The standard InChI is InChI=1S/C25H31N5O4/c1-25(2,3)34-24(33)30(16-21(31)19-7-5-4-6-8-19)14-13-18-9-11-20(12-10-18)28-23(32)15-22-26-17-27-29-22/h4-12,17,21,31H,13-16H2,1-3H3,(H,28,32)(H,26,27,29)/t21-/m0/s1. The Morgan fingerprint density at radius 3 is 2.44 bits per heavy atom. The van der Waals surface area contributed by atoms with E-state index in [1.807, 2.05) is 75.4 Å². The molecule has 0 saturated carbocycles. The Morgan fingerprint density at radius 1 is 1.12 bits per heavy atom. The Balaban J connectivity index is 1.59. The lowest BCUT2D eigenvalue weighted by Crippen LogP contribution is -2.40. The number of aromatic amines is 1. The minimum absolute atomic E-state index is 0.107. The first-order valence-electron chi connectivity index (χ1n) is 11.1. The average Bonchev–Trinajstić information content (AvgIpc) is 3.29. The lowest BCUT2D eigenvalue weighted by molar-refractivity contribution is -0.115. The molecule has 9 nitrogen and oxygen atoms in total. The molecule has 0 aliphatic heterocycles. The first kappa shape index (κ1) is 24.9. The van der Waals surface area contributed by atoms with Gasteiger partial charge in [-0.25, -0.2) is 9.78 Å². The van der Waals surface area contributed by atoms with Crippen LogP contribution in [0.5, 0.6) is 0 Å². The van der Waals surface area contributed by atoms with Crippen molar-refractivity contribution in [2.24, 2.45) is 0 Å². The summed E-state index contributed by atoms with van der Waals surface area (Å²) in [6.07, 6.45) is 0.731. The summed E-state index contributed by atoms with van der Waals surface area (Å²) in [6.45, 7) is 5.93. The topological polar surface area (TPSA) is 120 Å².